The van der Waals surface area contributed by atoms with Gasteiger partial charge < -0.3 is 15.7 Å². The Balaban J connectivity index is -0.000000000952. The van der Waals surface area contributed by atoms with E-state index in [1.165, 1.54) is 13.2 Å². The molecule has 0 aliphatic heterocycles. The number of hydrogen-bond donors (Lipinski definition) is 0. The van der Waals surface area contributed by atoms with Gasteiger partial charge in [-0.25, -0.2) is 0 Å². The fraction of sp³-hybridized carbons (Fsp3) is 0.500. The van der Waals surface area contributed by atoms with Crippen LogP contribution in [0.15, 0.2) is 0 Å². The minimum atomic E-state index is 0. The second-order valence-corrected chi connectivity index (χ2v) is 0.204. The van der Waals surface area contributed by atoms with Crippen LogP contribution in [-0.2, 0) is 145 Å². The van der Waals surface area contributed by atoms with Gasteiger partial charge in [-0.15, -0.1) is 0 Å². The smallest absolute Gasteiger partial charge is 0 e. The third-order valence-corrected chi connectivity index (χ3v) is 0. The monoisotopic (exact) mass is 714 g/mol. The summed E-state index contributed by atoms with van der Waals surface area (Å²) in [7, 11) is 0. The minimum absolute atomic E-state index is 0. The molecule has 55 valence electrons. The summed E-state index contributed by atoms with van der Waals surface area (Å²) in [5.74, 6) is 0. The standard InChI is InChI=1S/C2H3O.2H2O.2W.3Y/c1-2-3;;;;;;;/h1H3;2*1H2;;;;;/q-1;;;;;;;. The molecule has 0 aromatic carbocycles. The van der Waals surface area contributed by atoms with Crippen molar-refractivity contribution in [1.82, 2.24) is 0 Å². The molecule has 0 fully saturated rings. The van der Waals surface area contributed by atoms with Crippen LogP contribution in [0.4, 0.5) is 0 Å². The molecular weight excluding hydrogens is 706 g/mol. The quantitative estimate of drug-likeness (QED) is 0.281. The van der Waals surface area contributed by atoms with Crippen LogP contribution in [0.2, 0.25) is 0 Å². The number of carbonyl (C=O) groups excluding carboxylic acids is 1. The molecule has 0 heterocycles. The second-order valence-electron chi connectivity index (χ2n) is 0.204. The van der Waals surface area contributed by atoms with E-state index in [0.717, 1.165) is 0 Å². The van der Waals surface area contributed by atoms with E-state index in [4.69, 9.17) is 4.79 Å². The van der Waals surface area contributed by atoms with Gasteiger partial charge >= 0.3 is 0 Å². The Kier molecular flexibility index (Phi) is 459. The van der Waals surface area contributed by atoms with Gasteiger partial charge in [-0.05, 0) is 0 Å². The first-order valence-electron chi connectivity index (χ1n) is 0.704. The van der Waals surface area contributed by atoms with Crippen LogP contribution in [0.1, 0.15) is 6.92 Å². The molecule has 0 amide bonds. The molecule has 0 aromatic rings. The van der Waals surface area contributed by atoms with E-state index < -0.39 is 0 Å². The number of hydrogen-bond acceptors (Lipinski definition) is 1. The molecule has 8 heteroatoms. The van der Waals surface area contributed by atoms with Crippen molar-refractivity contribution in [3.8, 4) is 0 Å². The zero-order valence-electron chi connectivity index (χ0n) is 5.46. The van der Waals surface area contributed by atoms with Gasteiger partial charge in [-0.1, -0.05) is 0 Å². The van der Waals surface area contributed by atoms with Gasteiger partial charge in [0.2, 0.25) is 0 Å². The summed E-state index contributed by atoms with van der Waals surface area (Å²) in [6, 6.07) is 0. The van der Waals surface area contributed by atoms with Gasteiger partial charge in [0.05, 0.1) is 0 Å². The fourth-order valence-corrected chi connectivity index (χ4v) is 0. The average Bonchev–Trinajstić information content (AvgIpc) is 0.918. The molecule has 4 N–H and O–H groups in total. The SMILES string of the molecule is C[C-]=O.O.O.[W].[W].[Y].[Y].[Y]. The van der Waals surface area contributed by atoms with Crippen molar-refractivity contribution in [3.05, 3.63) is 0 Å². The topological polar surface area (TPSA) is 80.1 Å². The van der Waals surface area contributed by atoms with Crippen LogP contribution < -0.4 is 0 Å². The van der Waals surface area contributed by atoms with Crippen molar-refractivity contribution < 1.29 is 156 Å². The first-order valence-corrected chi connectivity index (χ1v) is 0.704. The second kappa shape index (κ2) is 71.9. The van der Waals surface area contributed by atoms with Crippen LogP contribution in [-0.4, -0.2) is 17.2 Å². The van der Waals surface area contributed by atoms with Crippen molar-refractivity contribution in [2.24, 2.45) is 0 Å². The van der Waals surface area contributed by atoms with E-state index in [-0.39, 0.29) is 151 Å². The van der Waals surface area contributed by atoms with Gasteiger partial charge in [0.15, 0.2) is 0 Å². The zero-order chi connectivity index (χ0) is 2.71. The molecule has 0 unspecified atom stereocenters. The summed E-state index contributed by atoms with van der Waals surface area (Å²) < 4.78 is 0. The molecule has 0 saturated carbocycles. The van der Waals surface area contributed by atoms with E-state index in [0.29, 0.717) is 0 Å². The van der Waals surface area contributed by atoms with Crippen LogP contribution in [0.25, 0.3) is 0 Å². The minimum Gasteiger partial charge on any atom is -0.542 e. The fourth-order valence-electron chi connectivity index (χ4n) is 0. The molecule has 0 spiro atoms. The van der Waals surface area contributed by atoms with Crippen LogP contribution in [0.5, 0.6) is 0 Å². The molecular formula is C2H7O3W2Y3-. The molecule has 0 aromatic heterocycles. The molecule has 0 bridgehead atoms. The predicted molar refractivity (Wildman–Crippen MR) is 18.6 cm³/mol. The van der Waals surface area contributed by atoms with Crippen LogP contribution >= 0.6 is 0 Å². The summed E-state index contributed by atoms with van der Waals surface area (Å²) >= 11 is 0. The Labute approximate surface area is 165 Å². The van der Waals surface area contributed by atoms with Gasteiger partial charge in [0, 0.05) is 140 Å². The summed E-state index contributed by atoms with van der Waals surface area (Å²) in [5.41, 5.74) is 0. The predicted octanol–water partition coefficient (Wildman–Crippen LogP) is -1.55. The Hall–Kier alpha value is 4.28. The van der Waals surface area contributed by atoms with Crippen molar-refractivity contribution in [3.63, 3.8) is 0 Å². The van der Waals surface area contributed by atoms with Gasteiger partial charge in [0.25, 0.3) is 0 Å². The summed E-state index contributed by atoms with van der Waals surface area (Å²) in [6.07, 6.45) is 1.50. The zero-order valence-corrected chi connectivity index (χ0v) is 19.8. The Morgan fingerprint density at radius 3 is 0.900 bits per heavy atom. The summed E-state index contributed by atoms with van der Waals surface area (Å²) in [6.45, 7) is 1.32. The van der Waals surface area contributed by atoms with Crippen molar-refractivity contribution in [2.45, 2.75) is 6.92 Å². The number of rotatable bonds is 0. The third-order valence-electron chi connectivity index (χ3n) is 0. The molecule has 0 rings (SSSR count). The largest absolute Gasteiger partial charge is 0.542 e. The average molecular weight is 713 g/mol. The summed E-state index contributed by atoms with van der Waals surface area (Å²) in [5, 5.41) is 0. The van der Waals surface area contributed by atoms with Gasteiger partial charge in [-0.2, -0.15) is 6.92 Å². The van der Waals surface area contributed by atoms with Crippen molar-refractivity contribution in [1.29, 1.82) is 0 Å². The van der Waals surface area contributed by atoms with Gasteiger partial charge in [-0.3, -0.25) is 6.29 Å². The van der Waals surface area contributed by atoms with E-state index in [1.54, 1.807) is 0 Å². The van der Waals surface area contributed by atoms with Crippen molar-refractivity contribution >= 4 is 6.29 Å². The van der Waals surface area contributed by atoms with E-state index in [9.17, 15) is 0 Å². The van der Waals surface area contributed by atoms with Crippen molar-refractivity contribution in [2.75, 3.05) is 0 Å². The molecule has 10 heavy (non-hydrogen) atoms. The first kappa shape index (κ1) is 63.9. The summed E-state index contributed by atoms with van der Waals surface area (Å²) in [4.78, 5) is 8.68. The maximum absolute atomic E-state index is 8.68. The maximum Gasteiger partial charge on any atom is 0 e. The molecule has 0 saturated heterocycles. The van der Waals surface area contributed by atoms with E-state index >= 15 is 0 Å². The first-order chi connectivity index (χ1) is 1.41. The molecule has 0 aliphatic rings. The molecule has 3 nitrogen and oxygen atoms in total. The Morgan fingerprint density at radius 2 is 0.900 bits per heavy atom. The van der Waals surface area contributed by atoms with Crippen LogP contribution in [0, 0.1) is 0 Å². The molecule has 3 radical (unpaired) electrons. The Morgan fingerprint density at radius 1 is 0.900 bits per heavy atom. The molecule has 0 aliphatic carbocycles. The maximum atomic E-state index is 8.68. The third kappa shape index (κ3) is 85.3. The van der Waals surface area contributed by atoms with E-state index in [1.807, 2.05) is 0 Å². The van der Waals surface area contributed by atoms with Crippen LogP contribution in [0.3, 0.4) is 0 Å². The normalized spacial score (nSPS) is 1.30. The molecule has 0 atom stereocenters. The van der Waals surface area contributed by atoms with E-state index in [2.05, 4.69) is 0 Å². The Bertz CT molecular complexity index is 27.2. The van der Waals surface area contributed by atoms with Gasteiger partial charge in [0.1, 0.15) is 0 Å².